The average molecular weight is 292 g/mol. The van der Waals surface area contributed by atoms with Crippen LogP contribution in [0.3, 0.4) is 0 Å². The smallest absolute Gasteiger partial charge is 0.157 e. The number of benzene rings is 1. The van der Waals surface area contributed by atoms with Gasteiger partial charge in [0.2, 0.25) is 0 Å². The molecule has 1 rings (SSSR count). The van der Waals surface area contributed by atoms with Crippen LogP contribution in [0.2, 0.25) is 0 Å². The summed E-state index contributed by atoms with van der Waals surface area (Å²) in [7, 11) is 0. The molecule has 6 heteroatoms. The molecule has 0 amide bonds. The van der Waals surface area contributed by atoms with Crippen molar-refractivity contribution in [2.24, 2.45) is 5.16 Å². The van der Waals surface area contributed by atoms with E-state index in [2.05, 4.69) is 21.1 Å². The van der Waals surface area contributed by atoms with E-state index in [1.807, 2.05) is 6.92 Å². The molecule has 1 aromatic rings. The lowest BCUT2D eigenvalue weighted by Gasteiger charge is -2.08. The lowest BCUT2D eigenvalue weighted by Crippen LogP contribution is -2.00. The van der Waals surface area contributed by atoms with E-state index >= 15 is 0 Å². The SMILES string of the molecule is Cc1c(CS(=O)O)ccc(Br)c1C=NO. The second-order valence-corrected chi connectivity index (χ2v) is 4.74. The van der Waals surface area contributed by atoms with Crippen LogP contribution in [0.25, 0.3) is 0 Å². The van der Waals surface area contributed by atoms with Crippen LogP contribution in [0.4, 0.5) is 0 Å². The zero-order valence-corrected chi connectivity index (χ0v) is 10.4. The van der Waals surface area contributed by atoms with Gasteiger partial charge in [0.25, 0.3) is 0 Å². The summed E-state index contributed by atoms with van der Waals surface area (Å²) < 4.78 is 20.3. The third-order valence-corrected chi connectivity index (χ3v) is 3.29. The Morgan fingerprint density at radius 1 is 1.60 bits per heavy atom. The molecule has 1 atom stereocenters. The normalized spacial score (nSPS) is 13.3. The van der Waals surface area contributed by atoms with Crippen LogP contribution in [0.1, 0.15) is 16.7 Å². The molecule has 0 aromatic heterocycles. The molecule has 0 fully saturated rings. The number of hydrogen-bond acceptors (Lipinski definition) is 3. The Labute approximate surface area is 98.4 Å². The number of rotatable bonds is 3. The largest absolute Gasteiger partial charge is 0.411 e. The highest BCUT2D eigenvalue weighted by atomic mass is 79.9. The van der Waals surface area contributed by atoms with Gasteiger partial charge in [-0.05, 0) is 24.1 Å². The molecule has 0 aliphatic carbocycles. The van der Waals surface area contributed by atoms with E-state index in [1.165, 1.54) is 6.21 Å². The topological polar surface area (TPSA) is 69.9 Å². The van der Waals surface area contributed by atoms with Crippen molar-refractivity contribution in [2.45, 2.75) is 12.7 Å². The van der Waals surface area contributed by atoms with Crippen molar-refractivity contribution in [1.29, 1.82) is 0 Å². The summed E-state index contributed by atoms with van der Waals surface area (Å²) in [6, 6.07) is 3.52. The van der Waals surface area contributed by atoms with Crippen LogP contribution >= 0.6 is 15.9 Å². The first-order valence-corrected chi connectivity index (χ1v) is 6.16. The molecular weight excluding hydrogens is 282 g/mol. The van der Waals surface area contributed by atoms with Gasteiger partial charge >= 0.3 is 0 Å². The molecule has 15 heavy (non-hydrogen) atoms. The standard InChI is InChI=1S/C9H10BrNO3S/c1-6-7(5-15(13)14)2-3-9(10)8(6)4-11-12/h2-4,12H,5H2,1H3,(H,13,14). The van der Waals surface area contributed by atoms with Crippen LogP contribution in [-0.4, -0.2) is 20.2 Å². The second kappa shape index (κ2) is 5.39. The maximum Gasteiger partial charge on any atom is 0.157 e. The summed E-state index contributed by atoms with van der Waals surface area (Å²) in [5.41, 5.74) is 2.29. The molecule has 0 saturated carbocycles. The highest BCUT2D eigenvalue weighted by molar-refractivity contribution is 9.10. The van der Waals surface area contributed by atoms with Gasteiger partial charge < -0.3 is 9.76 Å². The third kappa shape index (κ3) is 3.12. The molecule has 4 nitrogen and oxygen atoms in total. The Balaban J connectivity index is 3.21. The molecule has 0 aliphatic heterocycles. The van der Waals surface area contributed by atoms with Gasteiger partial charge in [-0.3, -0.25) is 0 Å². The fourth-order valence-corrected chi connectivity index (χ4v) is 2.36. The summed E-state index contributed by atoms with van der Waals surface area (Å²) >= 11 is 1.44. The number of hydrogen-bond donors (Lipinski definition) is 2. The summed E-state index contributed by atoms with van der Waals surface area (Å²) in [4.78, 5) is 0. The Hall–Kier alpha value is -0.720. The van der Waals surface area contributed by atoms with E-state index in [9.17, 15) is 4.21 Å². The third-order valence-electron chi connectivity index (χ3n) is 2.04. The Morgan fingerprint density at radius 2 is 2.27 bits per heavy atom. The number of nitrogens with zero attached hydrogens (tertiary/aromatic N) is 1. The molecular formula is C9H10BrNO3S. The van der Waals surface area contributed by atoms with Crippen molar-refractivity contribution < 1.29 is 14.0 Å². The van der Waals surface area contributed by atoms with Crippen molar-refractivity contribution in [3.8, 4) is 0 Å². The Bertz CT molecular complexity index is 420. The molecule has 82 valence electrons. The summed E-state index contributed by atoms with van der Waals surface area (Å²) in [5.74, 6) is 0.0748. The quantitative estimate of drug-likeness (QED) is 0.388. The molecule has 1 unspecified atom stereocenters. The van der Waals surface area contributed by atoms with Crippen LogP contribution in [0.5, 0.6) is 0 Å². The Morgan fingerprint density at radius 3 is 2.80 bits per heavy atom. The zero-order valence-electron chi connectivity index (χ0n) is 7.98. The van der Waals surface area contributed by atoms with Gasteiger partial charge in [-0.15, -0.1) is 0 Å². The molecule has 0 heterocycles. The minimum atomic E-state index is -1.87. The summed E-state index contributed by atoms with van der Waals surface area (Å²) in [6.45, 7) is 1.81. The van der Waals surface area contributed by atoms with E-state index < -0.39 is 11.1 Å². The minimum Gasteiger partial charge on any atom is -0.411 e. The lowest BCUT2D eigenvalue weighted by atomic mass is 10.0. The molecule has 0 saturated heterocycles. The van der Waals surface area contributed by atoms with Crippen molar-refractivity contribution in [3.63, 3.8) is 0 Å². The minimum absolute atomic E-state index is 0.0748. The first-order valence-electron chi connectivity index (χ1n) is 4.09. The maximum absolute atomic E-state index is 10.7. The van der Waals surface area contributed by atoms with Crippen LogP contribution in [0, 0.1) is 6.92 Å². The van der Waals surface area contributed by atoms with Gasteiger partial charge in [0.15, 0.2) is 11.1 Å². The number of halogens is 1. The van der Waals surface area contributed by atoms with Gasteiger partial charge in [-0.25, -0.2) is 4.21 Å². The van der Waals surface area contributed by atoms with Crippen LogP contribution in [0.15, 0.2) is 21.8 Å². The molecule has 0 bridgehead atoms. The van der Waals surface area contributed by atoms with E-state index in [4.69, 9.17) is 9.76 Å². The van der Waals surface area contributed by atoms with Gasteiger partial charge in [-0.1, -0.05) is 27.2 Å². The fourth-order valence-electron chi connectivity index (χ4n) is 1.25. The van der Waals surface area contributed by atoms with E-state index in [0.717, 1.165) is 15.6 Å². The molecule has 0 aliphatic rings. The average Bonchev–Trinajstić information content (AvgIpc) is 2.16. The first kappa shape index (κ1) is 12.4. The van der Waals surface area contributed by atoms with E-state index in [-0.39, 0.29) is 5.75 Å². The maximum atomic E-state index is 10.7. The van der Waals surface area contributed by atoms with Gasteiger partial charge in [-0.2, -0.15) is 0 Å². The van der Waals surface area contributed by atoms with Crippen molar-refractivity contribution >= 4 is 33.2 Å². The van der Waals surface area contributed by atoms with E-state index in [0.29, 0.717) is 5.56 Å². The van der Waals surface area contributed by atoms with Gasteiger partial charge in [0, 0.05) is 10.0 Å². The molecule has 2 N–H and O–H groups in total. The van der Waals surface area contributed by atoms with Gasteiger partial charge in [0.05, 0.1) is 12.0 Å². The zero-order chi connectivity index (χ0) is 11.4. The van der Waals surface area contributed by atoms with Crippen LogP contribution < -0.4 is 0 Å². The van der Waals surface area contributed by atoms with Gasteiger partial charge in [0.1, 0.15) is 0 Å². The Kier molecular flexibility index (Phi) is 4.44. The highest BCUT2D eigenvalue weighted by Crippen LogP contribution is 2.22. The second-order valence-electron chi connectivity index (χ2n) is 2.96. The molecule has 1 aromatic carbocycles. The molecule has 0 radical (unpaired) electrons. The number of oxime groups is 1. The first-order chi connectivity index (χ1) is 7.06. The van der Waals surface area contributed by atoms with E-state index in [1.54, 1.807) is 12.1 Å². The monoisotopic (exact) mass is 291 g/mol. The lowest BCUT2D eigenvalue weighted by molar-refractivity contribution is 0.322. The fraction of sp³-hybridized carbons (Fsp3) is 0.222. The summed E-state index contributed by atoms with van der Waals surface area (Å²) in [6.07, 6.45) is 1.29. The predicted molar refractivity (Wildman–Crippen MR) is 62.7 cm³/mol. The molecule has 0 spiro atoms. The van der Waals surface area contributed by atoms with Crippen molar-refractivity contribution in [2.75, 3.05) is 0 Å². The predicted octanol–water partition coefficient (Wildman–Crippen LogP) is 2.29. The van der Waals surface area contributed by atoms with Crippen LogP contribution in [-0.2, 0) is 16.8 Å². The summed E-state index contributed by atoms with van der Waals surface area (Å²) in [5, 5.41) is 11.4. The highest BCUT2D eigenvalue weighted by Gasteiger charge is 2.08. The van der Waals surface area contributed by atoms with Crippen molar-refractivity contribution in [1.82, 2.24) is 0 Å². The van der Waals surface area contributed by atoms with Crippen molar-refractivity contribution in [3.05, 3.63) is 33.3 Å².